The van der Waals surface area contributed by atoms with E-state index in [0.717, 1.165) is 32.8 Å². The molecule has 17 heavy (non-hydrogen) atoms. The number of rotatable bonds is 0. The molecule has 2 aromatic carbocycles. The topological polar surface area (TPSA) is 51.8 Å². The molecule has 0 saturated carbocycles. The van der Waals surface area contributed by atoms with E-state index in [1.807, 2.05) is 42.6 Å². The minimum atomic E-state index is 0.723. The minimum absolute atomic E-state index is 0.723. The molecule has 0 aliphatic carbocycles. The van der Waals surface area contributed by atoms with Gasteiger partial charge >= 0.3 is 0 Å². The lowest BCUT2D eigenvalue weighted by molar-refractivity contribution is 0.426. The van der Waals surface area contributed by atoms with Crippen LogP contribution in [-0.4, -0.2) is 15.4 Å². The molecular formula is C13H7N3O. The van der Waals surface area contributed by atoms with Gasteiger partial charge in [0.15, 0.2) is 5.58 Å². The SMILES string of the molecule is c1ccc2c(c1)ncc1ccc3nnoc3c12. The van der Waals surface area contributed by atoms with Crippen LogP contribution in [0, 0.1) is 0 Å². The molecule has 0 N–H and O–H groups in total. The zero-order valence-electron chi connectivity index (χ0n) is 8.79. The van der Waals surface area contributed by atoms with Crippen LogP contribution in [0.4, 0.5) is 0 Å². The molecule has 0 saturated heterocycles. The third-order valence-electron chi connectivity index (χ3n) is 2.97. The molecule has 0 spiro atoms. The summed E-state index contributed by atoms with van der Waals surface area (Å²) in [4.78, 5) is 4.42. The van der Waals surface area contributed by atoms with Crippen LogP contribution in [0.3, 0.4) is 0 Å². The molecule has 2 heterocycles. The molecule has 4 heteroatoms. The first-order valence-corrected chi connectivity index (χ1v) is 5.32. The highest BCUT2D eigenvalue weighted by molar-refractivity contribution is 6.16. The number of hydrogen-bond donors (Lipinski definition) is 0. The lowest BCUT2D eigenvalue weighted by atomic mass is 10.1. The Labute approximate surface area is 95.8 Å². The number of aromatic nitrogens is 3. The molecule has 0 fully saturated rings. The van der Waals surface area contributed by atoms with Gasteiger partial charge in [-0.1, -0.05) is 24.3 Å². The average molecular weight is 221 g/mol. The smallest absolute Gasteiger partial charge is 0.196 e. The van der Waals surface area contributed by atoms with Gasteiger partial charge in [-0.2, -0.15) is 0 Å². The Balaban J connectivity index is 2.41. The predicted octanol–water partition coefficient (Wildman–Crippen LogP) is 2.92. The number of benzene rings is 2. The van der Waals surface area contributed by atoms with E-state index in [1.54, 1.807) is 0 Å². The lowest BCUT2D eigenvalue weighted by Gasteiger charge is -2.01. The summed E-state index contributed by atoms with van der Waals surface area (Å²) in [5.41, 5.74) is 2.44. The molecule has 0 aliphatic rings. The van der Waals surface area contributed by atoms with E-state index in [2.05, 4.69) is 15.4 Å². The summed E-state index contributed by atoms with van der Waals surface area (Å²) in [5, 5.41) is 10.7. The standard InChI is InChI=1S/C13H7N3O/c1-2-4-10-9(3-1)12-8(7-14-10)5-6-11-13(12)17-16-15-11/h1-7H. The van der Waals surface area contributed by atoms with Crippen molar-refractivity contribution in [2.24, 2.45) is 0 Å². The summed E-state index contributed by atoms with van der Waals surface area (Å²) in [6.45, 7) is 0. The van der Waals surface area contributed by atoms with Gasteiger partial charge in [-0.3, -0.25) is 4.98 Å². The summed E-state index contributed by atoms with van der Waals surface area (Å²) in [6, 6.07) is 11.9. The second kappa shape index (κ2) is 3.01. The highest BCUT2D eigenvalue weighted by Gasteiger charge is 2.09. The Kier molecular flexibility index (Phi) is 1.53. The molecule has 4 aromatic rings. The van der Waals surface area contributed by atoms with Crippen molar-refractivity contribution in [3.05, 3.63) is 42.6 Å². The van der Waals surface area contributed by atoms with Crippen molar-refractivity contribution in [2.45, 2.75) is 0 Å². The van der Waals surface area contributed by atoms with Crippen molar-refractivity contribution in [3.63, 3.8) is 0 Å². The van der Waals surface area contributed by atoms with E-state index in [9.17, 15) is 0 Å². The summed E-state index contributed by atoms with van der Waals surface area (Å²) in [5.74, 6) is 0. The minimum Gasteiger partial charge on any atom is -0.336 e. The molecular weight excluding hydrogens is 214 g/mol. The van der Waals surface area contributed by atoms with E-state index >= 15 is 0 Å². The largest absolute Gasteiger partial charge is 0.336 e. The summed E-state index contributed by atoms with van der Waals surface area (Å²) in [6.07, 6.45) is 1.85. The number of para-hydroxylation sites is 1. The van der Waals surface area contributed by atoms with E-state index < -0.39 is 0 Å². The molecule has 0 amide bonds. The van der Waals surface area contributed by atoms with E-state index in [4.69, 9.17) is 4.52 Å². The van der Waals surface area contributed by atoms with Crippen molar-refractivity contribution in [2.75, 3.05) is 0 Å². The molecule has 0 unspecified atom stereocenters. The maximum Gasteiger partial charge on any atom is 0.196 e. The van der Waals surface area contributed by atoms with Crippen molar-refractivity contribution >= 4 is 32.8 Å². The van der Waals surface area contributed by atoms with Gasteiger partial charge in [0.05, 0.1) is 5.52 Å². The van der Waals surface area contributed by atoms with E-state index in [1.165, 1.54) is 0 Å². The normalized spacial score (nSPS) is 11.5. The molecule has 0 radical (unpaired) electrons. The predicted molar refractivity (Wildman–Crippen MR) is 64.6 cm³/mol. The molecule has 80 valence electrons. The quantitative estimate of drug-likeness (QED) is 0.428. The van der Waals surface area contributed by atoms with Crippen molar-refractivity contribution in [1.82, 2.24) is 15.4 Å². The zero-order chi connectivity index (χ0) is 11.2. The molecule has 0 atom stereocenters. The maximum atomic E-state index is 5.25. The Morgan fingerprint density at radius 2 is 1.88 bits per heavy atom. The van der Waals surface area contributed by atoms with Gasteiger partial charge in [0.2, 0.25) is 0 Å². The fraction of sp³-hybridized carbons (Fsp3) is 0. The second-order valence-corrected chi connectivity index (χ2v) is 3.93. The first-order valence-electron chi connectivity index (χ1n) is 5.32. The zero-order valence-corrected chi connectivity index (χ0v) is 8.79. The molecule has 0 bridgehead atoms. The summed E-state index contributed by atoms with van der Waals surface area (Å²) >= 11 is 0. The highest BCUT2D eigenvalue weighted by Crippen LogP contribution is 2.29. The first kappa shape index (κ1) is 8.64. The number of hydrogen-bond acceptors (Lipinski definition) is 4. The van der Waals surface area contributed by atoms with Crippen LogP contribution in [0.1, 0.15) is 0 Å². The van der Waals surface area contributed by atoms with Crippen LogP contribution in [0.15, 0.2) is 47.1 Å². The van der Waals surface area contributed by atoms with Crippen LogP contribution in [0.2, 0.25) is 0 Å². The summed E-state index contributed by atoms with van der Waals surface area (Å²) < 4.78 is 5.25. The van der Waals surface area contributed by atoms with Gasteiger partial charge in [-0.25, -0.2) is 0 Å². The van der Waals surface area contributed by atoms with E-state index in [-0.39, 0.29) is 0 Å². The maximum absolute atomic E-state index is 5.25. The molecule has 2 aromatic heterocycles. The van der Waals surface area contributed by atoms with E-state index in [0.29, 0.717) is 0 Å². The Morgan fingerprint density at radius 1 is 0.941 bits per heavy atom. The van der Waals surface area contributed by atoms with Gasteiger partial charge < -0.3 is 4.52 Å². The fourth-order valence-electron chi connectivity index (χ4n) is 2.19. The van der Waals surface area contributed by atoms with Gasteiger partial charge in [0, 0.05) is 27.6 Å². The molecule has 0 aliphatic heterocycles. The number of nitrogens with zero attached hydrogens (tertiary/aromatic N) is 3. The summed E-state index contributed by atoms with van der Waals surface area (Å²) in [7, 11) is 0. The molecule has 4 nitrogen and oxygen atoms in total. The van der Waals surface area contributed by atoms with Crippen LogP contribution in [0.25, 0.3) is 32.8 Å². The van der Waals surface area contributed by atoms with Crippen LogP contribution >= 0.6 is 0 Å². The van der Waals surface area contributed by atoms with Gasteiger partial charge in [0.1, 0.15) is 5.52 Å². The Hall–Kier alpha value is -2.49. The highest BCUT2D eigenvalue weighted by atomic mass is 16.5. The average Bonchev–Trinajstić information content (AvgIpc) is 2.86. The lowest BCUT2D eigenvalue weighted by Crippen LogP contribution is -1.82. The van der Waals surface area contributed by atoms with Crippen LogP contribution < -0.4 is 0 Å². The van der Waals surface area contributed by atoms with Crippen LogP contribution in [0.5, 0.6) is 0 Å². The van der Waals surface area contributed by atoms with Crippen molar-refractivity contribution in [3.8, 4) is 0 Å². The fourth-order valence-corrected chi connectivity index (χ4v) is 2.19. The number of fused-ring (bicyclic) bond motifs is 5. The third-order valence-corrected chi connectivity index (χ3v) is 2.97. The van der Waals surface area contributed by atoms with Crippen molar-refractivity contribution < 1.29 is 4.52 Å². The monoisotopic (exact) mass is 221 g/mol. The van der Waals surface area contributed by atoms with Gasteiger partial charge in [-0.05, 0) is 12.1 Å². The van der Waals surface area contributed by atoms with Crippen LogP contribution in [-0.2, 0) is 0 Å². The Bertz CT molecular complexity index is 851. The number of pyridine rings is 1. The van der Waals surface area contributed by atoms with Gasteiger partial charge in [0.25, 0.3) is 0 Å². The first-order chi connectivity index (χ1) is 8.43. The third kappa shape index (κ3) is 1.09. The van der Waals surface area contributed by atoms with Crippen molar-refractivity contribution in [1.29, 1.82) is 0 Å². The molecule has 4 rings (SSSR count). The van der Waals surface area contributed by atoms with Gasteiger partial charge in [-0.15, -0.1) is 5.10 Å². The Morgan fingerprint density at radius 3 is 2.88 bits per heavy atom. The second-order valence-electron chi connectivity index (χ2n) is 3.93.